The number of fused-ring (bicyclic) bond motifs is 2. The number of hydrogen-bond acceptors (Lipinski definition) is 6. The van der Waals surface area contributed by atoms with E-state index in [-0.39, 0.29) is 18.2 Å². The topological polar surface area (TPSA) is 105 Å². The van der Waals surface area contributed by atoms with Crippen LogP contribution in [-0.4, -0.2) is 59.6 Å². The lowest BCUT2D eigenvalue weighted by Crippen LogP contribution is -2.59. The first-order valence-electron chi connectivity index (χ1n) is 13.7. The molecule has 2 aromatic carbocycles. The fourth-order valence-electron chi connectivity index (χ4n) is 5.38. The third-order valence-corrected chi connectivity index (χ3v) is 7.37. The maximum absolute atomic E-state index is 14.1. The first kappa shape index (κ1) is 29.1. The number of esters is 1. The minimum Gasteiger partial charge on any atom is -0.469 e. The highest BCUT2D eigenvalue weighted by molar-refractivity contribution is 6.02. The maximum atomic E-state index is 14.1. The van der Waals surface area contributed by atoms with E-state index < -0.39 is 41.7 Å². The maximum Gasteiger partial charge on any atom is 0.415 e. The predicted molar refractivity (Wildman–Crippen MR) is 151 cm³/mol. The minimum atomic E-state index is -0.866. The quantitative estimate of drug-likeness (QED) is 0.546. The number of ether oxygens (including phenoxy) is 2. The van der Waals surface area contributed by atoms with Gasteiger partial charge in [-0.15, -0.1) is 0 Å². The van der Waals surface area contributed by atoms with Crippen LogP contribution in [0.2, 0.25) is 0 Å². The molecule has 0 aromatic heterocycles. The Balaban J connectivity index is 1.59. The summed E-state index contributed by atoms with van der Waals surface area (Å²) in [5.41, 5.74) is 2.82. The second-order valence-electron chi connectivity index (χ2n) is 11.8. The molecule has 1 N–H and O–H groups in total. The van der Waals surface area contributed by atoms with E-state index in [9.17, 15) is 19.2 Å². The summed E-state index contributed by atoms with van der Waals surface area (Å²) in [7, 11) is 1.33. The molecule has 3 amide bonds. The average Bonchev–Trinajstić information content (AvgIpc) is 3.29. The van der Waals surface area contributed by atoms with Gasteiger partial charge in [0.15, 0.2) is 0 Å². The Morgan fingerprint density at radius 2 is 1.57 bits per heavy atom. The summed E-state index contributed by atoms with van der Waals surface area (Å²) < 4.78 is 10.5. The molecular weight excluding hydrogens is 510 g/mol. The summed E-state index contributed by atoms with van der Waals surface area (Å²) in [4.78, 5) is 56.4. The van der Waals surface area contributed by atoms with E-state index in [1.807, 2.05) is 56.3 Å². The average molecular weight is 550 g/mol. The van der Waals surface area contributed by atoms with Gasteiger partial charge in [-0.25, -0.2) is 4.79 Å². The van der Waals surface area contributed by atoms with Gasteiger partial charge in [0.1, 0.15) is 17.7 Å². The summed E-state index contributed by atoms with van der Waals surface area (Å²) >= 11 is 0. The van der Waals surface area contributed by atoms with Crippen LogP contribution in [0.25, 0.3) is 0 Å². The van der Waals surface area contributed by atoms with Crippen LogP contribution in [0.4, 0.5) is 10.5 Å². The lowest BCUT2D eigenvalue weighted by atomic mass is 9.90. The molecule has 9 heteroatoms. The lowest BCUT2D eigenvalue weighted by Gasteiger charge is -2.39. The van der Waals surface area contributed by atoms with Crippen LogP contribution in [0.15, 0.2) is 48.5 Å². The van der Waals surface area contributed by atoms with E-state index in [0.717, 1.165) is 16.7 Å². The smallest absolute Gasteiger partial charge is 0.415 e. The molecule has 3 atom stereocenters. The summed E-state index contributed by atoms with van der Waals surface area (Å²) in [6, 6.07) is 13.1. The van der Waals surface area contributed by atoms with Crippen LogP contribution < -0.4 is 10.2 Å². The number of rotatable bonds is 6. The molecule has 2 aliphatic heterocycles. The van der Waals surface area contributed by atoms with Crippen molar-refractivity contribution in [1.29, 1.82) is 0 Å². The van der Waals surface area contributed by atoms with Crippen LogP contribution in [0.5, 0.6) is 0 Å². The zero-order chi connectivity index (χ0) is 29.2. The first-order chi connectivity index (χ1) is 18.9. The Bertz CT molecular complexity index is 1280. The molecule has 4 rings (SSSR count). The van der Waals surface area contributed by atoms with E-state index in [1.165, 1.54) is 12.0 Å². The highest BCUT2D eigenvalue weighted by atomic mass is 16.6. The molecule has 0 radical (unpaired) electrons. The number of nitrogens with one attached hydrogen (secondary N) is 1. The van der Waals surface area contributed by atoms with Gasteiger partial charge in [0, 0.05) is 19.0 Å². The number of amides is 3. The van der Waals surface area contributed by atoms with Crippen molar-refractivity contribution in [3.05, 3.63) is 65.2 Å². The third-order valence-electron chi connectivity index (χ3n) is 7.37. The van der Waals surface area contributed by atoms with Crippen molar-refractivity contribution in [2.24, 2.45) is 5.92 Å². The molecule has 0 unspecified atom stereocenters. The molecule has 0 bridgehead atoms. The van der Waals surface area contributed by atoms with Crippen molar-refractivity contribution in [2.45, 2.75) is 84.2 Å². The van der Waals surface area contributed by atoms with Gasteiger partial charge in [0.2, 0.25) is 11.8 Å². The Kier molecular flexibility index (Phi) is 8.51. The number of carbonyl (C=O) groups excluding carboxylic acids is 4. The molecule has 9 nitrogen and oxygen atoms in total. The van der Waals surface area contributed by atoms with Gasteiger partial charge >= 0.3 is 12.1 Å². The van der Waals surface area contributed by atoms with Crippen molar-refractivity contribution < 1.29 is 28.7 Å². The molecule has 0 saturated carbocycles. The van der Waals surface area contributed by atoms with Crippen LogP contribution >= 0.6 is 0 Å². The Morgan fingerprint density at radius 3 is 2.20 bits per heavy atom. The molecule has 2 aliphatic rings. The number of nitrogens with zero attached hydrogens (tertiary/aromatic N) is 2. The number of carbonyl (C=O) groups is 4. The number of para-hydroxylation sites is 1. The van der Waals surface area contributed by atoms with Crippen LogP contribution in [0.3, 0.4) is 0 Å². The summed E-state index contributed by atoms with van der Waals surface area (Å²) in [5, 5.41) is 2.95. The first-order valence-corrected chi connectivity index (χ1v) is 13.7. The highest BCUT2D eigenvalue weighted by Crippen LogP contribution is 2.34. The normalized spacial score (nSPS) is 19.0. The largest absolute Gasteiger partial charge is 0.469 e. The van der Waals surface area contributed by atoms with E-state index in [2.05, 4.69) is 5.32 Å². The molecule has 0 fully saturated rings. The summed E-state index contributed by atoms with van der Waals surface area (Å²) in [6.07, 6.45) is 0.262. The minimum absolute atomic E-state index is 0.0553. The second kappa shape index (κ2) is 11.7. The van der Waals surface area contributed by atoms with E-state index in [1.54, 1.807) is 31.7 Å². The number of methoxy groups -OCH3 is 1. The van der Waals surface area contributed by atoms with E-state index in [0.29, 0.717) is 25.1 Å². The van der Waals surface area contributed by atoms with E-state index >= 15 is 0 Å². The SMILES string of the molecule is COC(=O)C[C@H]1Cc2ccccc2CN1C(=O)[C@@H](NC(=O)[C@H]1Cc2ccccc2N1C(=O)OC(C)(C)C)C(C)C. The standard InChI is InChI=1S/C31H39N3O6/c1-19(2)27(29(37)33-18-22-13-8-7-11-20(22)15-23(33)17-26(35)39-6)32-28(36)25-16-21-12-9-10-14-24(21)34(25)30(38)40-31(3,4)5/h7-14,19,23,25,27H,15-18H2,1-6H3,(H,32,36)/t23-,25-,27+/m1/s1. The number of hydrogen-bond donors (Lipinski definition) is 1. The van der Waals surface area contributed by atoms with Gasteiger partial charge in [0.05, 0.1) is 19.2 Å². The number of anilines is 1. The fraction of sp³-hybridized carbons (Fsp3) is 0.484. The molecule has 214 valence electrons. The van der Waals surface area contributed by atoms with Crippen LogP contribution in [0, 0.1) is 5.92 Å². The monoisotopic (exact) mass is 549 g/mol. The Morgan fingerprint density at radius 1 is 0.950 bits per heavy atom. The molecule has 2 heterocycles. The second-order valence-corrected chi connectivity index (χ2v) is 11.8. The van der Waals surface area contributed by atoms with Crippen molar-refractivity contribution >= 4 is 29.6 Å². The predicted octanol–water partition coefficient (Wildman–Crippen LogP) is 4.01. The zero-order valence-corrected chi connectivity index (χ0v) is 24.1. The third kappa shape index (κ3) is 6.29. The van der Waals surface area contributed by atoms with Crippen LogP contribution in [0.1, 0.15) is 57.7 Å². The lowest BCUT2D eigenvalue weighted by molar-refractivity contribution is -0.146. The van der Waals surface area contributed by atoms with Crippen molar-refractivity contribution in [2.75, 3.05) is 12.0 Å². The van der Waals surface area contributed by atoms with Gasteiger partial charge in [-0.2, -0.15) is 0 Å². The summed E-state index contributed by atoms with van der Waals surface area (Å²) in [6.45, 7) is 9.38. The van der Waals surface area contributed by atoms with Gasteiger partial charge in [-0.05, 0) is 55.9 Å². The Hall–Kier alpha value is -3.88. The van der Waals surface area contributed by atoms with Gasteiger partial charge in [0.25, 0.3) is 0 Å². The van der Waals surface area contributed by atoms with Gasteiger partial charge in [-0.1, -0.05) is 56.3 Å². The molecular formula is C31H39N3O6. The van der Waals surface area contributed by atoms with E-state index in [4.69, 9.17) is 9.47 Å². The molecule has 0 saturated heterocycles. The molecule has 0 spiro atoms. The summed E-state index contributed by atoms with van der Waals surface area (Å²) in [5.74, 6) is -1.35. The number of benzene rings is 2. The van der Waals surface area contributed by atoms with Crippen molar-refractivity contribution in [1.82, 2.24) is 10.2 Å². The van der Waals surface area contributed by atoms with Crippen LogP contribution in [-0.2, 0) is 43.2 Å². The molecule has 2 aromatic rings. The van der Waals surface area contributed by atoms with Crippen molar-refractivity contribution in [3.8, 4) is 0 Å². The highest BCUT2D eigenvalue weighted by Gasteiger charge is 2.43. The van der Waals surface area contributed by atoms with Crippen molar-refractivity contribution in [3.63, 3.8) is 0 Å². The zero-order valence-electron chi connectivity index (χ0n) is 24.1. The fourth-order valence-corrected chi connectivity index (χ4v) is 5.38. The van der Waals surface area contributed by atoms with Gasteiger partial charge < -0.3 is 19.7 Å². The molecule has 0 aliphatic carbocycles. The Labute approximate surface area is 235 Å². The molecule has 40 heavy (non-hydrogen) atoms. The van der Waals surface area contributed by atoms with Gasteiger partial charge in [-0.3, -0.25) is 19.3 Å².